The van der Waals surface area contributed by atoms with Crippen LogP contribution >= 0.6 is 11.3 Å². The molecule has 1 unspecified atom stereocenters. The lowest BCUT2D eigenvalue weighted by Gasteiger charge is -2.33. The molecular formula is C20H19FN2OS. The average molecular weight is 354 g/mol. The highest BCUT2D eigenvalue weighted by Crippen LogP contribution is 2.31. The standard InChI is InChI=1S/C20H19FN2OS/c1-13-5-2-3-10-23(13)20(24)15-7-4-6-14(11-15)19-22-17-9-8-16(21)12-18(17)25-19/h4,6-9,11-13H,2-3,5,10H2,1H3. The molecule has 1 aliphatic rings. The van der Waals surface area contributed by atoms with Gasteiger partial charge in [-0.3, -0.25) is 4.79 Å². The van der Waals surface area contributed by atoms with Gasteiger partial charge < -0.3 is 4.90 Å². The predicted octanol–water partition coefficient (Wildman–Crippen LogP) is 5.12. The van der Waals surface area contributed by atoms with Crippen LogP contribution < -0.4 is 0 Å². The molecule has 25 heavy (non-hydrogen) atoms. The second kappa shape index (κ2) is 6.56. The monoisotopic (exact) mass is 354 g/mol. The summed E-state index contributed by atoms with van der Waals surface area (Å²) < 4.78 is 14.2. The van der Waals surface area contributed by atoms with Gasteiger partial charge >= 0.3 is 0 Å². The number of carbonyl (C=O) groups is 1. The van der Waals surface area contributed by atoms with Crippen LogP contribution in [-0.2, 0) is 0 Å². The summed E-state index contributed by atoms with van der Waals surface area (Å²) in [7, 11) is 0. The zero-order chi connectivity index (χ0) is 17.4. The maximum atomic E-state index is 13.4. The Labute approximate surface area is 150 Å². The van der Waals surface area contributed by atoms with Crippen molar-refractivity contribution < 1.29 is 9.18 Å². The van der Waals surface area contributed by atoms with E-state index in [9.17, 15) is 9.18 Å². The second-order valence-corrected chi connectivity index (χ2v) is 7.59. The molecule has 4 rings (SSSR count). The van der Waals surface area contributed by atoms with Crippen LogP contribution in [0.4, 0.5) is 4.39 Å². The number of carbonyl (C=O) groups excluding carboxylic acids is 1. The van der Waals surface area contributed by atoms with Gasteiger partial charge in [-0.05, 0) is 56.5 Å². The minimum Gasteiger partial charge on any atom is -0.336 e. The Morgan fingerprint density at radius 1 is 1.24 bits per heavy atom. The van der Waals surface area contributed by atoms with Crippen molar-refractivity contribution in [3.8, 4) is 10.6 Å². The Kier molecular flexibility index (Phi) is 4.25. The number of hydrogen-bond donors (Lipinski definition) is 0. The van der Waals surface area contributed by atoms with E-state index in [1.807, 2.05) is 29.2 Å². The average Bonchev–Trinajstić information content (AvgIpc) is 3.05. The summed E-state index contributed by atoms with van der Waals surface area (Å²) in [5, 5.41) is 0.807. The first-order valence-electron chi connectivity index (χ1n) is 8.59. The lowest BCUT2D eigenvalue weighted by molar-refractivity contribution is 0.0635. The summed E-state index contributed by atoms with van der Waals surface area (Å²) in [6.45, 7) is 2.94. The number of hydrogen-bond acceptors (Lipinski definition) is 3. The van der Waals surface area contributed by atoms with Crippen molar-refractivity contribution >= 4 is 27.5 Å². The molecule has 0 aliphatic carbocycles. The van der Waals surface area contributed by atoms with Gasteiger partial charge in [0.25, 0.3) is 5.91 Å². The molecule has 2 aromatic carbocycles. The first-order valence-corrected chi connectivity index (χ1v) is 9.41. The Hall–Kier alpha value is -2.27. The van der Waals surface area contributed by atoms with Gasteiger partial charge in [0.15, 0.2) is 0 Å². The first kappa shape index (κ1) is 16.2. The molecule has 1 amide bonds. The molecule has 1 fully saturated rings. The van der Waals surface area contributed by atoms with Gasteiger partial charge in [-0.25, -0.2) is 9.37 Å². The number of nitrogens with zero attached hydrogens (tertiary/aromatic N) is 2. The molecule has 5 heteroatoms. The largest absolute Gasteiger partial charge is 0.336 e. The van der Waals surface area contributed by atoms with Gasteiger partial charge in [-0.1, -0.05) is 12.1 Å². The summed E-state index contributed by atoms with van der Waals surface area (Å²) in [6, 6.07) is 12.5. The Bertz CT molecular complexity index is 936. The molecule has 1 atom stereocenters. The van der Waals surface area contributed by atoms with Crippen molar-refractivity contribution in [1.29, 1.82) is 0 Å². The molecule has 3 aromatic rings. The zero-order valence-electron chi connectivity index (χ0n) is 14.0. The minimum atomic E-state index is -0.259. The van der Waals surface area contributed by atoms with E-state index < -0.39 is 0 Å². The van der Waals surface area contributed by atoms with E-state index in [2.05, 4.69) is 11.9 Å². The van der Waals surface area contributed by atoms with E-state index in [0.29, 0.717) is 5.56 Å². The Morgan fingerprint density at radius 3 is 2.96 bits per heavy atom. The third kappa shape index (κ3) is 3.16. The Balaban J connectivity index is 1.67. The highest BCUT2D eigenvalue weighted by Gasteiger charge is 2.24. The molecule has 2 heterocycles. The quantitative estimate of drug-likeness (QED) is 0.640. The highest BCUT2D eigenvalue weighted by molar-refractivity contribution is 7.21. The number of fused-ring (bicyclic) bond motifs is 1. The predicted molar refractivity (Wildman–Crippen MR) is 99.4 cm³/mol. The molecule has 0 spiro atoms. The van der Waals surface area contributed by atoms with Crippen molar-refractivity contribution in [3.63, 3.8) is 0 Å². The first-order chi connectivity index (χ1) is 12.1. The molecule has 0 radical (unpaired) electrons. The van der Waals surface area contributed by atoms with Crippen LogP contribution in [0.5, 0.6) is 0 Å². The number of thiazole rings is 1. The van der Waals surface area contributed by atoms with Crippen molar-refractivity contribution in [1.82, 2.24) is 9.88 Å². The minimum absolute atomic E-state index is 0.0844. The smallest absolute Gasteiger partial charge is 0.254 e. The molecule has 128 valence electrons. The van der Waals surface area contributed by atoms with E-state index in [0.717, 1.165) is 40.2 Å². The number of halogens is 1. The summed E-state index contributed by atoms with van der Waals surface area (Å²) in [5.41, 5.74) is 2.37. The van der Waals surface area contributed by atoms with Gasteiger partial charge in [-0.15, -0.1) is 11.3 Å². The van der Waals surface area contributed by atoms with Gasteiger partial charge in [0.05, 0.1) is 10.2 Å². The molecular weight excluding hydrogens is 335 g/mol. The zero-order valence-corrected chi connectivity index (χ0v) is 14.9. The number of benzene rings is 2. The van der Waals surface area contributed by atoms with E-state index in [4.69, 9.17) is 0 Å². The topological polar surface area (TPSA) is 33.2 Å². The molecule has 0 saturated carbocycles. The Morgan fingerprint density at radius 2 is 2.12 bits per heavy atom. The molecule has 0 N–H and O–H groups in total. The van der Waals surface area contributed by atoms with E-state index in [1.165, 1.54) is 29.9 Å². The highest BCUT2D eigenvalue weighted by atomic mass is 32.1. The van der Waals surface area contributed by atoms with Crippen LogP contribution in [0.2, 0.25) is 0 Å². The maximum Gasteiger partial charge on any atom is 0.254 e. The molecule has 1 aliphatic heterocycles. The van der Waals surface area contributed by atoms with Crippen LogP contribution in [0.3, 0.4) is 0 Å². The normalized spacial score (nSPS) is 17.8. The van der Waals surface area contributed by atoms with Crippen LogP contribution in [0.25, 0.3) is 20.8 Å². The van der Waals surface area contributed by atoms with Crippen LogP contribution in [0.15, 0.2) is 42.5 Å². The van der Waals surface area contributed by atoms with Crippen molar-refractivity contribution in [2.45, 2.75) is 32.2 Å². The molecule has 1 saturated heterocycles. The van der Waals surface area contributed by atoms with E-state index in [-0.39, 0.29) is 17.8 Å². The van der Waals surface area contributed by atoms with Gasteiger partial charge in [0.1, 0.15) is 10.8 Å². The van der Waals surface area contributed by atoms with Crippen molar-refractivity contribution in [3.05, 3.63) is 53.8 Å². The van der Waals surface area contributed by atoms with Gasteiger partial charge in [0.2, 0.25) is 0 Å². The van der Waals surface area contributed by atoms with Crippen LogP contribution in [-0.4, -0.2) is 28.4 Å². The van der Waals surface area contributed by atoms with E-state index >= 15 is 0 Å². The summed E-state index contributed by atoms with van der Waals surface area (Å²) in [4.78, 5) is 19.4. The van der Waals surface area contributed by atoms with Gasteiger partial charge in [0, 0.05) is 23.7 Å². The van der Waals surface area contributed by atoms with E-state index in [1.54, 1.807) is 6.07 Å². The number of likely N-dealkylation sites (tertiary alicyclic amines) is 1. The fraction of sp³-hybridized carbons (Fsp3) is 0.300. The third-order valence-corrected chi connectivity index (χ3v) is 5.84. The third-order valence-electron chi connectivity index (χ3n) is 4.77. The number of amides is 1. The van der Waals surface area contributed by atoms with Crippen molar-refractivity contribution in [2.75, 3.05) is 6.54 Å². The lowest BCUT2D eigenvalue weighted by atomic mass is 10.0. The molecule has 3 nitrogen and oxygen atoms in total. The lowest BCUT2D eigenvalue weighted by Crippen LogP contribution is -2.42. The molecule has 0 bridgehead atoms. The van der Waals surface area contributed by atoms with Crippen molar-refractivity contribution in [2.24, 2.45) is 0 Å². The number of rotatable bonds is 2. The SMILES string of the molecule is CC1CCCCN1C(=O)c1cccc(-c2nc3ccc(F)cc3s2)c1. The summed E-state index contributed by atoms with van der Waals surface area (Å²) in [6.07, 6.45) is 3.32. The maximum absolute atomic E-state index is 13.4. The summed E-state index contributed by atoms with van der Waals surface area (Å²) >= 11 is 1.45. The van der Waals surface area contributed by atoms with Crippen LogP contribution in [0, 0.1) is 5.82 Å². The fourth-order valence-corrected chi connectivity index (χ4v) is 4.36. The van der Waals surface area contributed by atoms with Crippen LogP contribution in [0.1, 0.15) is 36.5 Å². The fourth-order valence-electron chi connectivity index (χ4n) is 3.37. The molecule has 1 aromatic heterocycles. The number of aromatic nitrogens is 1. The van der Waals surface area contributed by atoms with Gasteiger partial charge in [-0.2, -0.15) is 0 Å². The summed E-state index contributed by atoms with van der Waals surface area (Å²) in [5.74, 6) is -0.174. The number of piperidine rings is 1. The second-order valence-electron chi connectivity index (χ2n) is 6.56.